The van der Waals surface area contributed by atoms with Crippen LogP contribution in [0.15, 0.2) is 53.3 Å². The Morgan fingerprint density at radius 3 is 2.50 bits per heavy atom. The molecule has 156 valence electrons. The smallest absolute Gasteiger partial charge is 0.253 e. The molecule has 3 amide bonds. The molecule has 2 aliphatic rings. The first-order valence-corrected chi connectivity index (χ1v) is 10.9. The molecule has 2 saturated heterocycles. The van der Waals surface area contributed by atoms with Gasteiger partial charge in [-0.25, -0.2) is 0 Å². The summed E-state index contributed by atoms with van der Waals surface area (Å²) in [6.07, 6.45) is 5.04. The summed E-state index contributed by atoms with van der Waals surface area (Å²) in [5.74, 6) is -1.02. The van der Waals surface area contributed by atoms with Gasteiger partial charge in [-0.05, 0) is 59.5 Å². The van der Waals surface area contributed by atoms with Crippen molar-refractivity contribution in [2.24, 2.45) is 5.92 Å². The van der Waals surface area contributed by atoms with E-state index in [0.717, 1.165) is 10.2 Å². The topological polar surface area (TPSA) is 82.6 Å². The molecule has 2 aliphatic heterocycles. The normalized spacial score (nSPS) is 19.8. The Morgan fingerprint density at radius 2 is 1.80 bits per heavy atom. The second-order valence-corrected chi connectivity index (χ2v) is 8.45. The third-order valence-electron chi connectivity index (χ3n) is 5.71. The summed E-state index contributed by atoms with van der Waals surface area (Å²) in [6.45, 7) is 1.61. The highest BCUT2D eigenvalue weighted by atomic mass is 79.9. The van der Waals surface area contributed by atoms with Crippen LogP contribution in [0.25, 0.3) is 0 Å². The molecule has 0 bridgehead atoms. The first-order chi connectivity index (χ1) is 14.5. The van der Waals surface area contributed by atoms with E-state index < -0.39 is 5.92 Å². The fourth-order valence-corrected chi connectivity index (χ4v) is 4.55. The van der Waals surface area contributed by atoms with Gasteiger partial charge >= 0.3 is 0 Å². The monoisotopic (exact) mass is 470 g/mol. The highest BCUT2D eigenvalue weighted by Gasteiger charge is 2.40. The third kappa shape index (κ3) is 4.23. The molecule has 0 saturated carbocycles. The number of aromatic nitrogens is 1. The predicted molar refractivity (Wildman–Crippen MR) is 116 cm³/mol. The second-order valence-electron chi connectivity index (χ2n) is 7.60. The standard InChI is InChI=1S/C22H23BrN4O3/c23-18-5-1-2-6-19(18)27-13-9-17(22(27)30)21(29)26-11-7-16(8-12-26)25-20(28)15-4-3-10-24-14-15/h1-6,10,14,16-17H,7-9,11-13H2,(H,25,28). The summed E-state index contributed by atoms with van der Waals surface area (Å²) < 4.78 is 0.844. The minimum Gasteiger partial charge on any atom is -0.349 e. The van der Waals surface area contributed by atoms with Crippen LogP contribution in [-0.4, -0.2) is 53.3 Å². The van der Waals surface area contributed by atoms with E-state index in [9.17, 15) is 14.4 Å². The molecule has 2 aromatic rings. The number of carbonyl (C=O) groups excluding carboxylic acids is 3. The number of hydrogen-bond donors (Lipinski definition) is 1. The van der Waals surface area contributed by atoms with Gasteiger partial charge in [0, 0.05) is 42.5 Å². The number of halogens is 1. The van der Waals surface area contributed by atoms with Crippen LogP contribution in [0.3, 0.4) is 0 Å². The van der Waals surface area contributed by atoms with Gasteiger partial charge in [0.25, 0.3) is 5.91 Å². The van der Waals surface area contributed by atoms with E-state index in [1.807, 2.05) is 24.3 Å². The van der Waals surface area contributed by atoms with Crippen LogP contribution in [-0.2, 0) is 9.59 Å². The lowest BCUT2D eigenvalue weighted by molar-refractivity contribution is -0.140. The molecule has 3 heterocycles. The van der Waals surface area contributed by atoms with Gasteiger partial charge < -0.3 is 15.1 Å². The summed E-state index contributed by atoms with van der Waals surface area (Å²) in [5.41, 5.74) is 1.33. The first kappa shape index (κ1) is 20.5. The van der Waals surface area contributed by atoms with Crippen molar-refractivity contribution in [3.05, 3.63) is 58.8 Å². The molecule has 0 aliphatic carbocycles. The SMILES string of the molecule is O=C(NC1CCN(C(=O)C2CCN(c3ccccc3Br)C2=O)CC1)c1cccnc1. The predicted octanol–water partition coefficient (Wildman–Crippen LogP) is 2.62. The highest BCUT2D eigenvalue weighted by Crippen LogP contribution is 2.32. The van der Waals surface area contributed by atoms with Crippen molar-refractivity contribution >= 4 is 39.3 Å². The Hall–Kier alpha value is -2.74. The molecule has 30 heavy (non-hydrogen) atoms. The summed E-state index contributed by atoms with van der Waals surface area (Å²) in [4.78, 5) is 45.6. The summed E-state index contributed by atoms with van der Waals surface area (Å²) in [7, 11) is 0. The van der Waals surface area contributed by atoms with Gasteiger partial charge in [0.15, 0.2) is 0 Å². The van der Waals surface area contributed by atoms with E-state index in [-0.39, 0.29) is 23.8 Å². The van der Waals surface area contributed by atoms with E-state index in [1.165, 1.54) is 6.20 Å². The number of anilines is 1. The van der Waals surface area contributed by atoms with Crippen molar-refractivity contribution in [2.75, 3.05) is 24.5 Å². The van der Waals surface area contributed by atoms with Crippen LogP contribution in [0.1, 0.15) is 29.6 Å². The minimum atomic E-state index is -0.626. The zero-order valence-corrected chi connectivity index (χ0v) is 18.0. The zero-order valence-electron chi connectivity index (χ0n) is 16.5. The van der Waals surface area contributed by atoms with E-state index in [2.05, 4.69) is 26.2 Å². The van der Waals surface area contributed by atoms with Crippen molar-refractivity contribution in [1.82, 2.24) is 15.2 Å². The lowest BCUT2D eigenvalue weighted by Crippen LogP contribution is -2.49. The molecular formula is C22H23BrN4O3. The number of hydrogen-bond acceptors (Lipinski definition) is 4. The molecule has 1 atom stereocenters. The number of piperidine rings is 1. The maximum Gasteiger partial charge on any atom is 0.253 e. The maximum absolute atomic E-state index is 13.0. The van der Waals surface area contributed by atoms with Gasteiger partial charge in [0.1, 0.15) is 5.92 Å². The molecule has 8 heteroatoms. The Kier molecular flexibility index (Phi) is 6.13. The molecule has 1 unspecified atom stereocenters. The second kappa shape index (κ2) is 8.95. The first-order valence-electron chi connectivity index (χ1n) is 10.1. The number of pyridine rings is 1. The molecular weight excluding hydrogens is 448 g/mol. The molecule has 0 spiro atoms. The largest absolute Gasteiger partial charge is 0.349 e. The van der Waals surface area contributed by atoms with Crippen LogP contribution < -0.4 is 10.2 Å². The van der Waals surface area contributed by atoms with Crippen LogP contribution in [0, 0.1) is 5.92 Å². The zero-order chi connectivity index (χ0) is 21.1. The van der Waals surface area contributed by atoms with Crippen LogP contribution in [0.5, 0.6) is 0 Å². The van der Waals surface area contributed by atoms with Gasteiger partial charge in [-0.2, -0.15) is 0 Å². The minimum absolute atomic E-state index is 0.0119. The number of nitrogens with zero attached hydrogens (tertiary/aromatic N) is 3. The summed E-state index contributed by atoms with van der Waals surface area (Å²) >= 11 is 3.48. The van der Waals surface area contributed by atoms with Crippen LogP contribution in [0.4, 0.5) is 5.69 Å². The number of benzene rings is 1. The summed E-state index contributed by atoms with van der Waals surface area (Å²) in [6, 6.07) is 11.0. The van der Waals surface area contributed by atoms with Crippen molar-refractivity contribution in [2.45, 2.75) is 25.3 Å². The molecule has 1 aromatic heterocycles. The maximum atomic E-state index is 13.0. The lowest BCUT2D eigenvalue weighted by Gasteiger charge is -2.33. The number of amides is 3. The number of rotatable bonds is 4. The fraction of sp³-hybridized carbons (Fsp3) is 0.364. The Labute approximate surface area is 183 Å². The Morgan fingerprint density at radius 1 is 1.03 bits per heavy atom. The van der Waals surface area contributed by atoms with Crippen molar-refractivity contribution in [3.63, 3.8) is 0 Å². The summed E-state index contributed by atoms with van der Waals surface area (Å²) in [5, 5.41) is 3.01. The van der Waals surface area contributed by atoms with Crippen molar-refractivity contribution in [1.29, 1.82) is 0 Å². The van der Waals surface area contributed by atoms with Gasteiger partial charge in [-0.15, -0.1) is 0 Å². The number of likely N-dealkylation sites (tertiary alicyclic amines) is 1. The Bertz CT molecular complexity index is 944. The third-order valence-corrected chi connectivity index (χ3v) is 6.38. The molecule has 1 aromatic carbocycles. The number of para-hydroxylation sites is 1. The van der Waals surface area contributed by atoms with Gasteiger partial charge in [-0.1, -0.05) is 12.1 Å². The highest BCUT2D eigenvalue weighted by molar-refractivity contribution is 9.10. The molecule has 7 nitrogen and oxygen atoms in total. The average molecular weight is 471 g/mol. The Balaban J connectivity index is 1.32. The van der Waals surface area contributed by atoms with E-state index in [0.29, 0.717) is 44.5 Å². The van der Waals surface area contributed by atoms with E-state index in [1.54, 1.807) is 28.1 Å². The van der Waals surface area contributed by atoms with Crippen LogP contribution >= 0.6 is 15.9 Å². The van der Waals surface area contributed by atoms with Crippen LogP contribution in [0.2, 0.25) is 0 Å². The molecule has 0 radical (unpaired) electrons. The molecule has 4 rings (SSSR count). The number of nitrogens with one attached hydrogen (secondary N) is 1. The van der Waals surface area contributed by atoms with Gasteiger partial charge in [0.2, 0.25) is 11.8 Å². The fourth-order valence-electron chi connectivity index (χ4n) is 4.05. The quantitative estimate of drug-likeness (QED) is 0.696. The number of carbonyl (C=O) groups is 3. The molecule has 2 fully saturated rings. The molecule has 1 N–H and O–H groups in total. The van der Waals surface area contributed by atoms with E-state index in [4.69, 9.17) is 0 Å². The van der Waals surface area contributed by atoms with Gasteiger partial charge in [-0.3, -0.25) is 19.4 Å². The van der Waals surface area contributed by atoms with Crippen molar-refractivity contribution < 1.29 is 14.4 Å². The van der Waals surface area contributed by atoms with Crippen molar-refractivity contribution in [3.8, 4) is 0 Å². The van der Waals surface area contributed by atoms with E-state index >= 15 is 0 Å². The average Bonchev–Trinajstić information content (AvgIpc) is 3.16. The lowest BCUT2D eigenvalue weighted by atomic mass is 10.0. The van der Waals surface area contributed by atoms with Gasteiger partial charge in [0.05, 0.1) is 11.3 Å².